The van der Waals surface area contributed by atoms with Crippen molar-refractivity contribution in [2.45, 2.75) is 18.5 Å². The topological polar surface area (TPSA) is 35.2 Å². The lowest BCUT2D eigenvalue weighted by Crippen LogP contribution is -2.23. The Morgan fingerprint density at radius 3 is 2.41 bits per heavy atom. The molecule has 1 aromatic carbocycles. The average Bonchev–Trinajstić information content (AvgIpc) is 2.24. The van der Waals surface area contributed by atoms with Crippen LogP contribution in [0, 0.1) is 5.82 Å². The highest BCUT2D eigenvalue weighted by Gasteiger charge is 2.40. The van der Waals surface area contributed by atoms with Crippen LogP contribution in [0.15, 0.2) is 18.2 Å². The molecule has 0 fully saturated rings. The third-order valence-electron chi connectivity index (χ3n) is 2.43. The molecule has 0 heterocycles. The van der Waals surface area contributed by atoms with Gasteiger partial charge in [0, 0.05) is 0 Å². The van der Waals surface area contributed by atoms with Crippen molar-refractivity contribution >= 4 is 0 Å². The third kappa shape index (κ3) is 3.33. The van der Waals surface area contributed by atoms with Gasteiger partial charge in [-0.2, -0.15) is 13.2 Å². The van der Waals surface area contributed by atoms with Crippen molar-refractivity contribution in [1.82, 2.24) is 0 Å². The molecule has 1 unspecified atom stereocenters. The first-order valence-electron chi connectivity index (χ1n) is 5.00. The number of hydrogen-bond acceptors (Lipinski definition) is 2. The lowest BCUT2D eigenvalue weighted by Gasteiger charge is -2.20. The van der Waals surface area contributed by atoms with E-state index in [4.69, 9.17) is 5.73 Å². The fourth-order valence-electron chi connectivity index (χ4n) is 1.59. The molecule has 1 aromatic rings. The van der Waals surface area contributed by atoms with E-state index in [2.05, 4.69) is 4.74 Å². The van der Waals surface area contributed by atoms with E-state index in [0.29, 0.717) is 0 Å². The second kappa shape index (κ2) is 5.35. The van der Waals surface area contributed by atoms with E-state index >= 15 is 0 Å². The highest BCUT2D eigenvalue weighted by atomic mass is 19.4. The molecule has 0 aliphatic rings. The molecular formula is C11H13F4NO. The van der Waals surface area contributed by atoms with Crippen molar-refractivity contribution in [2.75, 3.05) is 13.7 Å². The van der Waals surface area contributed by atoms with Crippen LogP contribution in [0.5, 0.6) is 5.75 Å². The van der Waals surface area contributed by atoms with Crippen LogP contribution in [-0.4, -0.2) is 19.8 Å². The number of methoxy groups -OCH3 is 1. The number of hydrogen-bond donors (Lipinski definition) is 1. The Morgan fingerprint density at radius 1 is 1.35 bits per heavy atom. The molecule has 0 bridgehead atoms. The highest BCUT2D eigenvalue weighted by Crippen LogP contribution is 2.38. The normalized spacial score (nSPS) is 13.5. The van der Waals surface area contributed by atoms with E-state index in [1.165, 1.54) is 19.2 Å². The van der Waals surface area contributed by atoms with Crippen LogP contribution in [0.1, 0.15) is 17.9 Å². The summed E-state index contributed by atoms with van der Waals surface area (Å²) in [4.78, 5) is 0. The lowest BCUT2D eigenvalue weighted by molar-refractivity contribution is -0.151. The molecule has 6 heteroatoms. The van der Waals surface area contributed by atoms with E-state index in [0.717, 1.165) is 6.07 Å². The largest absolute Gasteiger partial charge is 0.494 e. The summed E-state index contributed by atoms with van der Waals surface area (Å²) in [6, 6.07) is 3.22. The SMILES string of the molecule is COc1ccc(C(CCN)C(F)(F)F)cc1F. The van der Waals surface area contributed by atoms with Gasteiger partial charge in [0.05, 0.1) is 13.0 Å². The summed E-state index contributed by atoms with van der Waals surface area (Å²) < 4.78 is 56.1. The predicted molar refractivity (Wildman–Crippen MR) is 55.4 cm³/mol. The average molecular weight is 251 g/mol. The molecule has 1 atom stereocenters. The molecule has 0 amide bonds. The Labute approximate surface area is 96.4 Å². The van der Waals surface area contributed by atoms with E-state index in [9.17, 15) is 17.6 Å². The Kier molecular flexibility index (Phi) is 4.34. The zero-order chi connectivity index (χ0) is 13.1. The lowest BCUT2D eigenvalue weighted by atomic mass is 9.95. The first kappa shape index (κ1) is 13.8. The number of halogens is 4. The minimum Gasteiger partial charge on any atom is -0.494 e. The van der Waals surface area contributed by atoms with Crippen molar-refractivity contribution in [3.05, 3.63) is 29.6 Å². The standard InChI is InChI=1S/C11H13F4NO/c1-17-10-3-2-7(6-9(10)12)8(4-5-16)11(13,14)15/h2-3,6,8H,4-5,16H2,1H3. The Bertz CT molecular complexity index is 378. The molecule has 0 aromatic heterocycles. The summed E-state index contributed by atoms with van der Waals surface area (Å²) in [6.45, 7) is -0.113. The van der Waals surface area contributed by atoms with E-state index in [1.54, 1.807) is 0 Å². The quantitative estimate of drug-likeness (QED) is 0.835. The number of benzene rings is 1. The van der Waals surface area contributed by atoms with Crippen molar-refractivity contribution in [3.8, 4) is 5.75 Å². The Morgan fingerprint density at radius 2 is 2.00 bits per heavy atom. The van der Waals surface area contributed by atoms with Gasteiger partial charge in [0.15, 0.2) is 11.6 Å². The number of nitrogens with two attached hydrogens (primary N) is 1. The van der Waals surface area contributed by atoms with Gasteiger partial charge in [-0.05, 0) is 30.7 Å². The van der Waals surface area contributed by atoms with Crippen LogP contribution in [-0.2, 0) is 0 Å². The van der Waals surface area contributed by atoms with Crippen LogP contribution >= 0.6 is 0 Å². The van der Waals surface area contributed by atoms with Gasteiger partial charge < -0.3 is 10.5 Å². The maximum atomic E-state index is 13.3. The summed E-state index contributed by atoms with van der Waals surface area (Å²) in [5.74, 6) is -2.63. The van der Waals surface area contributed by atoms with Gasteiger partial charge in [0.2, 0.25) is 0 Å². The smallest absolute Gasteiger partial charge is 0.395 e. The molecule has 96 valence electrons. The van der Waals surface area contributed by atoms with Crippen LogP contribution in [0.4, 0.5) is 17.6 Å². The van der Waals surface area contributed by atoms with Gasteiger partial charge in [-0.3, -0.25) is 0 Å². The number of rotatable bonds is 4. The van der Waals surface area contributed by atoms with Gasteiger partial charge >= 0.3 is 6.18 Å². The van der Waals surface area contributed by atoms with E-state index < -0.39 is 17.9 Å². The molecule has 17 heavy (non-hydrogen) atoms. The molecule has 0 saturated carbocycles. The van der Waals surface area contributed by atoms with E-state index in [1.807, 2.05) is 0 Å². The number of alkyl halides is 3. The van der Waals surface area contributed by atoms with Gasteiger partial charge in [-0.1, -0.05) is 6.07 Å². The van der Waals surface area contributed by atoms with Crippen molar-refractivity contribution in [1.29, 1.82) is 0 Å². The maximum absolute atomic E-state index is 13.3. The van der Waals surface area contributed by atoms with Gasteiger partial charge in [0.1, 0.15) is 0 Å². The van der Waals surface area contributed by atoms with Crippen LogP contribution in [0.25, 0.3) is 0 Å². The van der Waals surface area contributed by atoms with Crippen LogP contribution < -0.4 is 10.5 Å². The zero-order valence-electron chi connectivity index (χ0n) is 9.22. The molecule has 0 radical (unpaired) electrons. The first-order valence-corrected chi connectivity index (χ1v) is 5.00. The molecule has 0 saturated heterocycles. The maximum Gasteiger partial charge on any atom is 0.395 e. The summed E-state index contributed by atoms with van der Waals surface area (Å²) in [6.07, 6.45) is -4.70. The summed E-state index contributed by atoms with van der Waals surface area (Å²) in [5.41, 5.74) is 5.00. The van der Waals surface area contributed by atoms with Crippen LogP contribution in [0.3, 0.4) is 0 Å². The van der Waals surface area contributed by atoms with Gasteiger partial charge in [0.25, 0.3) is 0 Å². The highest BCUT2D eigenvalue weighted by molar-refractivity contribution is 5.32. The van der Waals surface area contributed by atoms with E-state index in [-0.39, 0.29) is 24.3 Å². The molecule has 0 aliphatic carbocycles. The first-order chi connectivity index (χ1) is 7.90. The summed E-state index contributed by atoms with van der Waals surface area (Å²) >= 11 is 0. The molecule has 0 spiro atoms. The van der Waals surface area contributed by atoms with Crippen molar-refractivity contribution < 1.29 is 22.3 Å². The minimum atomic E-state index is -4.43. The fraction of sp³-hybridized carbons (Fsp3) is 0.455. The second-order valence-electron chi connectivity index (χ2n) is 3.57. The van der Waals surface area contributed by atoms with Crippen molar-refractivity contribution in [3.63, 3.8) is 0 Å². The van der Waals surface area contributed by atoms with Gasteiger partial charge in [-0.15, -0.1) is 0 Å². The monoisotopic (exact) mass is 251 g/mol. The zero-order valence-corrected chi connectivity index (χ0v) is 9.22. The third-order valence-corrected chi connectivity index (χ3v) is 2.43. The molecular weight excluding hydrogens is 238 g/mol. The number of ether oxygens (including phenoxy) is 1. The molecule has 2 nitrogen and oxygen atoms in total. The molecule has 2 N–H and O–H groups in total. The summed E-state index contributed by atoms with van der Waals surface area (Å²) in [7, 11) is 1.25. The van der Waals surface area contributed by atoms with Crippen LogP contribution in [0.2, 0.25) is 0 Å². The Hall–Kier alpha value is -1.30. The fourth-order valence-corrected chi connectivity index (χ4v) is 1.59. The molecule has 1 rings (SSSR count). The summed E-state index contributed by atoms with van der Waals surface area (Å²) in [5, 5.41) is 0. The molecule has 0 aliphatic heterocycles. The second-order valence-corrected chi connectivity index (χ2v) is 3.57. The van der Waals surface area contributed by atoms with Gasteiger partial charge in [-0.25, -0.2) is 4.39 Å². The predicted octanol–water partition coefficient (Wildman–Crippen LogP) is 2.83. The Balaban J connectivity index is 3.07. The van der Waals surface area contributed by atoms with Crippen molar-refractivity contribution in [2.24, 2.45) is 5.73 Å². The minimum absolute atomic E-state index is 0.0811.